The molecule has 0 bridgehead atoms. The van der Waals surface area contributed by atoms with E-state index in [2.05, 4.69) is 4.99 Å². The van der Waals surface area contributed by atoms with Crippen molar-refractivity contribution in [2.45, 2.75) is 9.79 Å². The van der Waals surface area contributed by atoms with Crippen molar-refractivity contribution in [3.05, 3.63) is 57.6 Å². The quantitative estimate of drug-likeness (QED) is 0.333. The Morgan fingerprint density at radius 2 is 1.08 bits per heavy atom. The molecule has 0 fully saturated rings. The summed E-state index contributed by atoms with van der Waals surface area (Å²) in [6, 6.07) is 10.3. The van der Waals surface area contributed by atoms with Gasteiger partial charge >= 0.3 is 5.97 Å². The number of rotatable bonds is 4. The first-order valence-corrected chi connectivity index (χ1v) is 13.0. The fourth-order valence-electron chi connectivity index (χ4n) is 2.66. The fourth-order valence-corrected chi connectivity index (χ4v) is 4.34. The molecule has 16 heteroatoms. The Bertz CT molecular complexity index is 1730. The predicted octanol–water partition coefficient (Wildman–Crippen LogP) is -0.221. The number of carboxylic acid groups (broad SMARTS) is 1. The smallest absolute Gasteiger partial charge is 0.337 e. The average Bonchev–Trinajstić information content (AvgIpc) is 2.80. The minimum atomic E-state index is -3.75. The topological polar surface area (TPSA) is 282 Å². The van der Waals surface area contributed by atoms with Crippen LogP contribution in [0.15, 0.2) is 39.0 Å². The second kappa shape index (κ2) is 11.4. The maximum absolute atomic E-state index is 11.7. The van der Waals surface area contributed by atoms with Gasteiger partial charge in [0.05, 0.1) is 43.2 Å². The zero-order chi connectivity index (χ0) is 28.7. The number of nitrogens with two attached hydrogens (primary N) is 2. The van der Waals surface area contributed by atoms with Crippen molar-refractivity contribution < 1.29 is 31.5 Å². The first-order valence-electron chi connectivity index (χ1n) is 9.25. The van der Waals surface area contributed by atoms with E-state index in [1.807, 2.05) is 0 Å². The van der Waals surface area contributed by atoms with Crippen LogP contribution in [0.1, 0.15) is 43.0 Å². The third-order valence-electron chi connectivity index (χ3n) is 4.21. The SMILES string of the molecule is CS(=O)(=O)c1cc(C(=O)N=C(N)N)c(C#N)cc1C#N.CS(=O)(=O)c1cc(C(=O)O)c(C#N)cc1C#N. The highest BCUT2D eigenvalue weighted by atomic mass is 32.2. The molecule has 0 unspecified atom stereocenters. The molecule has 0 atom stereocenters. The van der Waals surface area contributed by atoms with Crippen molar-refractivity contribution in [1.82, 2.24) is 0 Å². The van der Waals surface area contributed by atoms with Gasteiger partial charge in [0, 0.05) is 12.5 Å². The lowest BCUT2D eigenvalue weighted by atomic mass is 10.0. The molecule has 0 aliphatic carbocycles. The van der Waals surface area contributed by atoms with Gasteiger partial charge in [0.15, 0.2) is 25.6 Å². The third kappa shape index (κ3) is 7.34. The summed E-state index contributed by atoms with van der Waals surface area (Å²) in [4.78, 5) is 25.0. The van der Waals surface area contributed by atoms with Gasteiger partial charge in [-0.25, -0.2) is 21.6 Å². The van der Waals surface area contributed by atoms with Crippen LogP contribution in [0.25, 0.3) is 0 Å². The summed E-state index contributed by atoms with van der Waals surface area (Å²) in [5, 5.41) is 44.1. The molecule has 1 amide bonds. The van der Waals surface area contributed by atoms with Crippen LogP contribution in [0, 0.1) is 45.3 Å². The number of sulfone groups is 2. The third-order valence-corrected chi connectivity index (χ3v) is 6.49. The van der Waals surface area contributed by atoms with Gasteiger partial charge in [-0.05, 0) is 24.3 Å². The number of carboxylic acids is 1. The number of aliphatic imine (C=N–C) groups is 1. The maximum atomic E-state index is 11.7. The van der Waals surface area contributed by atoms with E-state index in [4.69, 9.17) is 37.6 Å². The number of hydrogen-bond acceptors (Lipinski definition) is 10. The van der Waals surface area contributed by atoms with Crippen LogP contribution in [0.4, 0.5) is 0 Å². The summed E-state index contributed by atoms with van der Waals surface area (Å²) < 4.78 is 45.9. The van der Waals surface area contributed by atoms with Crippen LogP contribution in [-0.4, -0.2) is 52.3 Å². The van der Waals surface area contributed by atoms with Gasteiger partial charge in [-0.15, -0.1) is 0 Å². The molecule has 14 nitrogen and oxygen atoms in total. The van der Waals surface area contributed by atoms with Gasteiger partial charge in [-0.3, -0.25) is 4.79 Å². The number of guanidine groups is 1. The van der Waals surface area contributed by atoms with E-state index in [1.165, 1.54) is 0 Å². The van der Waals surface area contributed by atoms with Crippen LogP contribution < -0.4 is 11.5 Å². The molecule has 0 aliphatic heterocycles. The average molecular weight is 542 g/mol. The molecule has 0 radical (unpaired) electrons. The molecule has 2 aromatic rings. The number of aromatic carboxylic acids is 1. The Hall–Kier alpha value is -5.29. The minimum Gasteiger partial charge on any atom is -0.478 e. The Kier molecular flexibility index (Phi) is 9.18. The number of amides is 1. The highest BCUT2D eigenvalue weighted by Crippen LogP contribution is 2.22. The number of nitriles is 4. The van der Waals surface area contributed by atoms with Gasteiger partial charge in [0.25, 0.3) is 5.91 Å². The predicted molar refractivity (Wildman–Crippen MR) is 125 cm³/mol. The zero-order valence-corrected chi connectivity index (χ0v) is 20.5. The van der Waals surface area contributed by atoms with E-state index < -0.39 is 48.0 Å². The van der Waals surface area contributed by atoms with Crippen LogP contribution in [0.2, 0.25) is 0 Å². The molecule has 2 rings (SSSR count). The molecule has 0 saturated carbocycles. The zero-order valence-electron chi connectivity index (χ0n) is 18.9. The summed E-state index contributed by atoms with van der Waals surface area (Å²) in [7, 11) is -7.47. The molecule has 0 aromatic heterocycles. The Morgan fingerprint density at radius 3 is 1.38 bits per heavy atom. The number of nitrogens with zero attached hydrogens (tertiary/aromatic N) is 5. The lowest BCUT2D eigenvalue weighted by Crippen LogP contribution is -2.24. The minimum absolute atomic E-state index is 0.191. The molecule has 0 saturated heterocycles. The molecule has 37 heavy (non-hydrogen) atoms. The van der Waals surface area contributed by atoms with E-state index in [0.717, 1.165) is 36.8 Å². The van der Waals surface area contributed by atoms with Crippen molar-refractivity contribution in [2.24, 2.45) is 16.5 Å². The van der Waals surface area contributed by atoms with E-state index in [9.17, 15) is 26.4 Å². The molecule has 0 heterocycles. The standard InChI is InChI=1S/C11H9N5O3S.C10H6N2O4S/c1-20(18,19)9-3-8(10(17)16-11(14)15)6(4-12)2-7(9)5-13;1-17(15,16)9-3-8(10(13)14)6(4-11)2-7(9)5-12/h2-3H,1H3,(H4,14,15,16,17);2-3H,1H3,(H,13,14). The number of benzene rings is 2. The first kappa shape index (κ1) is 29.7. The van der Waals surface area contributed by atoms with Crippen LogP contribution in [0.3, 0.4) is 0 Å². The van der Waals surface area contributed by atoms with Crippen molar-refractivity contribution >= 4 is 37.5 Å². The molecule has 188 valence electrons. The fraction of sp³-hybridized carbons (Fsp3) is 0.0952. The number of carbonyl (C=O) groups excluding carboxylic acids is 1. The highest BCUT2D eigenvalue weighted by Gasteiger charge is 2.21. The van der Waals surface area contributed by atoms with Gasteiger partial charge in [-0.2, -0.15) is 26.0 Å². The molecular weight excluding hydrogens is 526 g/mol. The van der Waals surface area contributed by atoms with Crippen molar-refractivity contribution in [1.29, 1.82) is 21.0 Å². The van der Waals surface area contributed by atoms with Gasteiger partial charge < -0.3 is 16.6 Å². The summed E-state index contributed by atoms with van der Waals surface area (Å²) in [5.41, 5.74) is 8.47. The summed E-state index contributed by atoms with van der Waals surface area (Å²) in [6.07, 6.45) is 1.74. The van der Waals surface area contributed by atoms with Crippen LogP contribution in [-0.2, 0) is 19.7 Å². The second-order valence-electron chi connectivity index (χ2n) is 6.93. The second-order valence-corrected chi connectivity index (χ2v) is 10.9. The summed E-state index contributed by atoms with van der Waals surface area (Å²) >= 11 is 0. The summed E-state index contributed by atoms with van der Waals surface area (Å²) in [6.45, 7) is 0. The van der Waals surface area contributed by atoms with Crippen LogP contribution in [0.5, 0.6) is 0 Å². The largest absolute Gasteiger partial charge is 0.478 e. The van der Waals surface area contributed by atoms with Crippen molar-refractivity contribution in [3.8, 4) is 24.3 Å². The van der Waals surface area contributed by atoms with Crippen molar-refractivity contribution in [2.75, 3.05) is 12.5 Å². The van der Waals surface area contributed by atoms with E-state index >= 15 is 0 Å². The normalized spacial score (nSPS) is 10.2. The van der Waals surface area contributed by atoms with Gasteiger partial charge in [0.2, 0.25) is 0 Å². The van der Waals surface area contributed by atoms with E-state index in [1.54, 1.807) is 24.3 Å². The molecular formula is C21H15N7O7S2. The Balaban J connectivity index is 0.000000375. The number of hydrogen-bond donors (Lipinski definition) is 3. The number of carbonyl (C=O) groups is 2. The lowest BCUT2D eigenvalue weighted by Gasteiger charge is -2.06. The maximum Gasteiger partial charge on any atom is 0.337 e. The lowest BCUT2D eigenvalue weighted by molar-refractivity contribution is 0.0696. The van der Waals surface area contributed by atoms with E-state index in [0.29, 0.717) is 0 Å². The Labute approximate surface area is 210 Å². The van der Waals surface area contributed by atoms with E-state index in [-0.39, 0.29) is 32.7 Å². The molecule has 0 spiro atoms. The van der Waals surface area contributed by atoms with Crippen LogP contribution >= 0.6 is 0 Å². The van der Waals surface area contributed by atoms with Gasteiger partial charge in [0.1, 0.15) is 24.3 Å². The first-order chi connectivity index (χ1) is 17.0. The summed E-state index contributed by atoms with van der Waals surface area (Å²) in [5.74, 6) is -2.91. The van der Waals surface area contributed by atoms with Crippen molar-refractivity contribution in [3.63, 3.8) is 0 Å². The molecule has 5 N–H and O–H groups in total. The highest BCUT2D eigenvalue weighted by molar-refractivity contribution is 7.91. The van der Waals surface area contributed by atoms with Gasteiger partial charge in [-0.1, -0.05) is 0 Å². The Morgan fingerprint density at radius 1 is 0.730 bits per heavy atom. The molecule has 0 aliphatic rings. The molecule has 2 aromatic carbocycles. The monoisotopic (exact) mass is 541 g/mol.